The van der Waals surface area contributed by atoms with Crippen LogP contribution in [-0.4, -0.2) is 43.7 Å². The summed E-state index contributed by atoms with van der Waals surface area (Å²) < 4.78 is 1.51. The Morgan fingerprint density at radius 3 is 2.92 bits per heavy atom. The van der Waals surface area contributed by atoms with Crippen LogP contribution in [0.15, 0.2) is 30.3 Å². The third-order valence-corrected chi connectivity index (χ3v) is 4.68. The Morgan fingerprint density at radius 2 is 2.16 bits per heavy atom. The van der Waals surface area contributed by atoms with E-state index in [1.54, 1.807) is 0 Å². The fourth-order valence-electron chi connectivity index (χ4n) is 3.28. The standard InChI is InChI=1S/C17H16ClN5O2/c1-10-7-14(23-17(19-10)20-15(21-23)16(24)25)22-6-5-12(9-22)11-3-2-4-13(18)8-11/h2-4,7-8,12H,5-6,9H2,1H3,(H,24,25). The number of carboxylic acids is 1. The van der Waals surface area contributed by atoms with Crippen LogP contribution in [-0.2, 0) is 0 Å². The number of hydrogen-bond acceptors (Lipinski definition) is 5. The molecule has 1 aliphatic heterocycles. The number of carboxylic acid groups (broad SMARTS) is 1. The molecule has 25 heavy (non-hydrogen) atoms. The number of benzene rings is 1. The van der Waals surface area contributed by atoms with Gasteiger partial charge in [0.25, 0.3) is 11.6 Å². The van der Waals surface area contributed by atoms with Gasteiger partial charge < -0.3 is 10.0 Å². The number of nitrogens with zero attached hydrogens (tertiary/aromatic N) is 5. The number of halogens is 1. The lowest BCUT2D eigenvalue weighted by Gasteiger charge is -2.19. The number of aromatic carboxylic acids is 1. The summed E-state index contributed by atoms with van der Waals surface area (Å²) in [6, 6.07) is 9.84. The molecule has 0 amide bonds. The summed E-state index contributed by atoms with van der Waals surface area (Å²) in [6.45, 7) is 3.52. The molecular weight excluding hydrogens is 342 g/mol. The molecule has 0 bridgehead atoms. The number of fused-ring (bicyclic) bond motifs is 1. The van der Waals surface area contributed by atoms with E-state index in [9.17, 15) is 4.79 Å². The Bertz CT molecular complexity index is 971. The predicted molar refractivity (Wildman–Crippen MR) is 93.5 cm³/mol. The van der Waals surface area contributed by atoms with E-state index < -0.39 is 5.97 Å². The van der Waals surface area contributed by atoms with Gasteiger partial charge in [-0.3, -0.25) is 0 Å². The lowest BCUT2D eigenvalue weighted by atomic mass is 9.99. The molecule has 1 unspecified atom stereocenters. The van der Waals surface area contributed by atoms with Crippen molar-refractivity contribution in [1.29, 1.82) is 0 Å². The number of aryl methyl sites for hydroxylation is 1. The van der Waals surface area contributed by atoms with E-state index in [1.165, 1.54) is 10.1 Å². The molecule has 1 aromatic carbocycles. The van der Waals surface area contributed by atoms with Crippen LogP contribution in [0.5, 0.6) is 0 Å². The number of carbonyl (C=O) groups is 1. The molecule has 0 aliphatic carbocycles. The Kier molecular flexibility index (Phi) is 3.80. The molecule has 1 saturated heterocycles. The van der Waals surface area contributed by atoms with Crippen LogP contribution >= 0.6 is 11.6 Å². The maximum absolute atomic E-state index is 11.2. The van der Waals surface area contributed by atoms with Gasteiger partial charge in [-0.2, -0.15) is 9.50 Å². The molecule has 1 N–H and O–H groups in total. The third-order valence-electron chi connectivity index (χ3n) is 4.45. The molecule has 0 saturated carbocycles. The summed E-state index contributed by atoms with van der Waals surface area (Å²) in [5.74, 6) is 0.0765. The van der Waals surface area contributed by atoms with Crippen LogP contribution in [0.25, 0.3) is 5.78 Å². The second-order valence-corrected chi connectivity index (χ2v) is 6.63. The van der Waals surface area contributed by atoms with Gasteiger partial charge in [-0.1, -0.05) is 23.7 Å². The molecule has 4 rings (SSSR count). The highest BCUT2D eigenvalue weighted by molar-refractivity contribution is 6.30. The maximum atomic E-state index is 11.2. The zero-order valence-electron chi connectivity index (χ0n) is 13.6. The maximum Gasteiger partial charge on any atom is 0.375 e. The van der Waals surface area contributed by atoms with Gasteiger partial charge in [-0.25, -0.2) is 9.78 Å². The topological polar surface area (TPSA) is 83.6 Å². The van der Waals surface area contributed by atoms with Crippen LogP contribution in [0, 0.1) is 6.92 Å². The van der Waals surface area contributed by atoms with E-state index in [2.05, 4.69) is 26.0 Å². The molecule has 0 radical (unpaired) electrons. The van der Waals surface area contributed by atoms with Crippen LogP contribution < -0.4 is 4.90 Å². The van der Waals surface area contributed by atoms with Crippen molar-refractivity contribution >= 4 is 29.2 Å². The van der Waals surface area contributed by atoms with Gasteiger partial charge in [-0.15, -0.1) is 5.10 Å². The van der Waals surface area contributed by atoms with Crippen molar-refractivity contribution < 1.29 is 9.90 Å². The van der Waals surface area contributed by atoms with E-state index in [0.717, 1.165) is 36.0 Å². The zero-order valence-corrected chi connectivity index (χ0v) is 14.3. The highest BCUT2D eigenvalue weighted by atomic mass is 35.5. The van der Waals surface area contributed by atoms with Crippen molar-refractivity contribution in [3.8, 4) is 0 Å². The minimum atomic E-state index is -1.16. The molecule has 8 heteroatoms. The van der Waals surface area contributed by atoms with E-state index >= 15 is 0 Å². The number of hydrogen-bond donors (Lipinski definition) is 1. The SMILES string of the molecule is Cc1cc(N2CCC(c3cccc(Cl)c3)C2)n2nc(C(=O)O)nc2n1. The first kappa shape index (κ1) is 15.8. The molecule has 1 atom stereocenters. The average Bonchev–Trinajstić information content (AvgIpc) is 3.21. The summed E-state index contributed by atoms with van der Waals surface area (Å²) in [5.41, 5.74) is 1.99. The van der Waals surface area contributed by atoms with E-state index in [4.69, 9.17) is 16.7 Å². The minimum absolute atomic E-state index is 0.245. The molecule has 3 aromatic rings. The molecule has 3 heterocycles. The zero-order chi connectivity index (χ0) is 17.6. The van der Waals surface area contributed by atoms with Gasteiger partial charge in [0.15, 0.2) is 0 Å². The van der Waals surface area contributed by atoms with E-state index in [0.29, 0.717) is 11.7 Å². The lowest BCUT2D eigenvalue weighted by Crippen LogP contribution is -2.22. The number of anilines is 1. The van der Waals surface area contributed by atoms with Crippen molar-refractivity contribution in [3.05, 3.63) is 52.4 Å². The summed E-state index contributed by atoms with van der Waals surface area (Å²) in [6.07, 6.45) is 0.990. The summed E-state index contributed by atoms with van der Waals surface area (Å²) in [4.78, 5) is 21.6. The second-order valence-electron chi connectivity index (χ2n) is 6.19. The lowest BCUT2D eigenvalue weighted by molar-refractivity contribution is 0.0684. The van der Waals surface area contributed by atoms with Crippen LogP contribution in [0.4, 0.5) is 5.82 Å². The fraction of sp³-hybridized carbons (Fsp3) is 0.294. The molecular formula is C17H16ClN5O2. The molecule has 1 fully saturated rings. The Morgan fingerprint density at radius 1 is 1.32 bits per heavy atom. The summed E-state index contributed by atoms with van der Waals surface area (Å²) in [7, 11) is 0. The van der Waals surface area contributed by atoms with Crippen LogP contribution in [0.3, 0.4) is 0 Å². The Balaban J connectivity index is 1.69. The molecule has 128 valence electrons. The van der Waals surface area contributed by atoms with Gasteiger partial charge in [0.2, 0.25) is 0 Å². The van der Waals surface area contributed by atoms with Crippen molar-refractivity contribution in [2.45, 2.75) is 19.3 Å². The monoisotopic (exact) mass is 357 g/mol. The molecule has 7 nitrogen and oxygen atoms in total. The normalized spacial score (nSPS) is 17.4. The highest BCUT2D eigenvalue weighted by Crippen LogP contribution is 2.32. The van der Waals surface area contributed by atoms with Crippen LogP contribution in [0.2, 0.25) is 5.02 Å². The highest BCUT2D eigenvalue weighted by Gasteiger charge is 2.27. The largest absolute Gasteiger partial charge is 0.475 e. The molecule has 2 aromatic heterocycles. The van der Waals surface area contributed by atoms with Gasteiger partial charge in [0.05, 0.1) is 0 Å². The first-order chi connectivity index (χ1) is 12.0. The minimum Gasteiger partial charge on any atom is -0.475 e. The quantitative estimate of drug-likeness (QED) is 0.776. The van der Waals surface area contributed by atoms with Crippen molar-refractivity contribution in [2.75, 3.05) is 18.0 Å². The third kappa shape index (κ3) is 2.91. The van der Waals surface area contributed by atoms with Gasteiger partial charge in [0, 0.05) is 35.8 Å². The van der Waals surface area contributed by atoms with E-state index in [-0.39, 0.29) is 5.82 Å². The fourth-order valence-corrected chi connectivity index (χ4v) is 3.48. The second kappa shape index (κ2) is 6.00. The van der Waals surface area contributed by atoms with Crippen molar-refractivity contribution in [3.63, 3.8) is 0 Å². The van der Waals surface area contributed by atoms with Crippen molar-refractivity contribution in [1.82, 2.24) is 19.6 Å². The van der Waals surface area contributed by atoms with Crippen LogP contribution in [0.1, 0.15) is 34.2 Å². The van der Waals surface area contributed by atoms with Gasteiger partial charge in [0.1, 0.15) is 5.82 Å². The predicted octanol–water partition coefficient (Wildman–Crippen LogP) is 2.78. The van der Waals surface area contributed by atoms with Gasteiger partial charge >= 0.3 is 5.97 Å². The first-order valence-electron chi connectivity index (χ1n) is 7.99. The van der Waals surface area contributed by atoms with Crippen molar-refractivity contribution in [2.24, 2.45) is 0 Å². The number of aromatic nitrogens is 4. The Hall–Kier alpha value is -2.67. The smallest absolute Gasteiger partial charge is 0.375 e. The number of rotatable bonds is 3. The summed E-state index contributed by atoms with van der Waals surface area (Å²) in [5, 5.41) is 14.0. The van der Waals surface area contributed by atoms with E-state index in [1.807, 2.05) is 31.2 Å². The molecule has 1 aliphatic rings. The summed E-state index contributed by atoms with van der Waals surface area (Å²) >= 11 is 6.11. The first-order valence-corrected chi connectivity index (χ1v) is 8.37. The average molecular weight is 358 g/mol. The Labute approximate surface area is 148 Å². The van der Waals surface area contributed by atoms with Gasteiger partial charge in [-0.05, 0) is 31.0 Å². The molecule has 0 spiro atoms.